The van der Waals surface area contributed by atoms with Crippen LogP contribution in [-0.4, -0.2) is 32.7 Å². The molecule has 0 aliphatic carbocycles. The summed E-state index contributed by atoms with van der Waals surface area (Å²) in [4.78, 5) is 17.1. The number of fused-ring (bicyclic) bond motifs is 2. The second-order valence-corrected chi connectivity index (χ2v) is 4.11. The molecule has 0 radical (unpaired) electrons. The molecule has 6 nitrogen and oxygen atoms in total. The van der Waals surface area contributed by atoms with E-state index in [0.29, 0.717) is 0 Å². The molecule has 0 spiro atoms. The van der Waals surface area contributed by atoms with Crippen LogP contribution >= 0.6 is 0 Å². The third kappa shape index (κ3) is 5.79. The molecular weight excluding hydrogens is 288 g/mol. The molecule has 0 amide bonds. The van der Waals surface area contributed by atoms with E-state index in [4.69, 9.17) is 30.0 Å². The van der Waals surface area contributed by atoms with Crippen LogP contribution < -0.4 is 0 Å². The van der Waals surface area contributed by atoms with E-state index >= 15 is 0 Å². The highest BCUT2D eigenvalue weighted by molar-refractivity contribution is 5.98. The van der Waals surface area contributed by atoms with Crippen molar-refractivity contribution in [2.24, 2.45) is 0 Å². The second kappa shape index (κ2) is 8.11. The van der Waals surface area contributed by atoms with Crippen LogP contribution in [0.5, 0.6) is 0 Å². The van der Waals surface area contributed by atoms with E-state index in [-0.39, 0.29) is 0 Å². The summed E-state index contributed by atoms with van der Waals surface area (Å²) in [6.45, 7) is 0. The lowest BCUT2D eigenvalue weighted by Crippen LogP contribution is -1.81. The largest absolute Gasteiger partial charge is 0.503 e. The maximum Gasteiger partial charge on any atom is 0.503 e. The third-order valence-electron chi connectivity index (χ3n) is 2.61. The molecule has 0 heterocycles. The van der Waals surface area contributed by atoms with Crippen molar-refractivity contribution in [3.63, 3.8) is 0 Å². The highest BCUT2D eigenvalue weighted by Gasteiger charge is 1.95. The molecule has 0 bridgehead atoms. The summed E-state index contributed by atoms with van der Waals surface area (Å²) in [6.07, 6.45) is -3.67. The molecule has 0 aliphatic heterocycles. The molecule has 0 aliphatic rings. The van der Waals surface area contributed by atoms with Crippen molar-refractivity contribution in [3.8, 4) is 0 Å². The standard InChI is InChI=1S/C14H10.2CH2O3/c1-2-6-12-10-14-8-4-3-7-13(14)9-11(12)5-1;2*2-1(3)4/h1-10H;2*(H2,2,3,4). The normalized spacial score (nSPS) is 9.09. The van der Waals surface area contributed by atoms with Gasteiger partial charge in [0.25, 0.3) is 0 Å². The van der Waals surface area contributed by atoms with E-state index in [1.54, 1.807) is 0 Å². The number of benzene rings is 3. The maximum atomic E-state index is 8.56. The Labute approximate surface area is 125 Å². The molecule has 3 aromatic rings. The average molecular weight is 302 g/mol. The Kier molecular flexibility index (Phi) is 6.18. The van der Waals surface area contributed by atoms with Crippen LogP contribution in [-0.2, 0) is 0 Å². The average Bonchev–Trinajstić information content (AvgIpc) is 2.44. The first-order valence-corrected chi connectivity index (χ1v) is 6.11. The van der Waals surface area contributed by atoms with Crippen LogP contribution in [0.25, 0.3) is 21.5 Å². The Morgan fingerprint density at radius 3 is 0.909 bits per heavy atom. The molecule has 0 unspecified atom stereocenters. The van der Waals surface area contributed by atoms with Crippen molar-refractivity contribution in [2.45, 2.75) is 0 Å². The fraction of sp³-hybridized carbons (Fsp3) is 0. The van der Waals surface area contributed by atoms with Crippen LogP contribution in [0.2, 0.25) is 0 Å². The summed E-state index contributed by atoms with van der Waals surface area (Å²) >= 11 is 0. The summed E-state index contributed by atoms with van der Waals surface area (Å²) in [5.74, 6) is 0. The van der Waals surface area contributed by atoms with Gasteiger partial charge in [-0.25, -0.2) is 9.59 Å². The van der Waals surface area contributed by atoms with Crippen LogP contribution in [0.4, 0.5) is 9.59 Å². The summed E-state index contributed by atoms with van der Waals surface area (Å²) in [7, 11) is 0. The number of rotatable bonds is 0. The highest BCUT2D eigenvalue weighted by atomic mass is 16.6. The van der Waals surface area contributed by atoms with Crippen molar-refractivity contribution in [1.82, 2.24) is 0 Å². The first-order valence-electron chi connectivity index (χ1n) is 6.11. The molecule has 3 rings (SSSR count). The van der Waals surface area contributed by atoms with Gasteiger partial charge in [0.2, 0.25) is 0 Å². The third-order valence-corrected chi connectivity index (χ3v) is 2.61. The fourth-order valence-corrected chi connectivity index (χ4v) is 1.88. The molecule has 0 atom stereocenters. The lowest BCUT2D eigenvalue weighted by molar-refractivity contribution is 0.135. The van der Waals surface area contributed by atoms with Crippen LogP contribution in [0, 0.1) is 0 Å². The number of carboxylic acid groups (broad SMARTS) is 4. The zero-order valence-corrected chi connectivity index (χ0v) is 11.4. The van der Waals surface area contributed by atoms with Gasteiger partial charge in [-0.05, 0) is 33.7 Å². The van der Waals surface area contributed by atoms with Gasteiger partial charge in [0.1, 0.15) is 0 Å². The number of carbonyl (C=O) groups is 2. The van der Waals surface area contributed by atoms with E-state index < -0.39 is 12.3 Å². The fourth-order valence-electron chi connectivity index (χ4n) is 1.88. The van der Waals surface area contributed by atoms with Crippen LogP contribution in [0.15, 0.2) is 60.7 Å². The molecule has 0 saturated carbocycles. The SMILES string of the molecule is O=C(O)O.O=C(O)O.c1ccc2cc3ccccc3cc2c1. The Bertz CT molecular complexity index is 657. The number of hydrogen-bond donors (Lipinski definition) is 4. The van der Waals surface area contributed by atoms with Crippen LogP contribution in [0.1, 0.15) is 0 Å². The van der Waals surface area contributed by atoms with Crippen LogP contribution in [0.3, 0.4) is 0 Å². The minimum atomic E-state index is -1.83. The van der Waals surface area contributed by atoms with Crippen molar-refractivity contribution < 1.29 is 30.0 Å². The summed E-state index contributed by atoms with van der Waals surface area (Å²) in [5.41, 5.74) is 0. The zero-order chi connectivity index (χ0) is 16.5. The van der Waals surface area contributed by atoms with Crippen molar-refractivity contribution in [2.75, 3.05) is 0 Å². The van der Waals surface area contributed by atoms with E-state index in [9.17, 15) is 0 Å². The molecule has 6 heteroatoms. The van der Waals surface area contributed by atoms with E-state index in [1.807, 2.05) is 0 Å². The van der Waals surface area contributed by atoms with E-state index in [2.05, 4.69) is 60.7 Å². The molecule has 0 saturated heterocycles. The van der Waals surface area contributed by atoms with Gasteiger partial charge in [-0.3, -0.25) is 0 Å². The Hall–Kier alpha value is -3.28. The van der Waals surface area contributed by atoms with Crippen molar-refractivity contribution in [3.05, 3.63) is 60.7 Å². The molecule has 4 N–H and O–H groups in total. The van der Waals surface area contributed by atoms with Gasteiger partial charge in [0.05, 0.1) is 0 Å². The Morgan fingerprint density at radius 1 is 0.545 bits per heavy atom. The van der Waals surface area contributed by atoms with E-state index in [1.165, 1.54) is 21.5 Å². The number of hydrogen-bond acceptors (Lipinski definition) is 2. The predicted octanol–water partition coefficient (Wildman–Crippen LogP) is 4.44. The maximum absolute atomic E-state index is 8.56. The summed E-state index contributed by atoms with van der Waals surface area (Å²) in [6, 6.07) is 21.4. The van der Waals surface area contributed by atoms with Gasteiger partial charge in [-0.2, -0.15) is 0 Å². The lowest BCUT2D eigenvalue weighted by Gasteiger charge is -2.00. The van der Waals surface area contributed by atoms with Crippen molar-refractivity contribution >= 4 is 33.9 Å². The topological polar surface area (TPSA) is 115 Å². The second-order valence-electron chi connectivity index (χ2n) is 4.11. The van der Waals surface area contributed by atoms with Gasteiger partial charge >= 0.3 is 12.3 Å². The zero-order valence-electron chi connectivity index (χ0n) is 11.4. The minimum absolute atomic E-state index is 1.31. The quantitative estimate of drug-likeness (QED) is 0.456. The lowest BCUT2D eigenvalue weighted by atomic mass is 10.0. The summed E-state index contributed by atoms with van der Waals surface area (Å²) < 4.78 is 0. The monoisotopic (exact) mass is 302 g/mol. The first-order chi connectivity index (χ1) is 10.4. The molecule has 114 valence electrons. The van der Waals surface area contributed by atoms with Crippen molar-refractivity contribution in [1.29, 1.82) is 0 Å². The molecule has 3 aromatic carbocycles. The van der Waals surface area contributed by atoms with Gasteiger partial charge in [-0.15, -0.1) is 0 Å². The molecular formula is C16H14O6. The van der Waals surface area contributed by atoms with Gasteiger partial charge in [-0.1, -0.05) is 48.5 Å². The Balaban J connectivity index is 0.000000257. The predicted molar refractivity (Wildman–Crippen MR) is 82.8 cm³/mol. The van der Waals surface area contributed by atoms with Gasteiger partial charge < -0.3 is 20.4 Å². The van der Waals surface area contributed by atoms with Gasteiger partial charge in [0, 0.05) is 0 Å². The molecule has 0 fully saturated rings. The molecule has 22 heavy (non-hydrogen) atoms. The smallest absolute Gasteiger partial charge is 0.450 e. The van der Waals surface area contributed by atoms with E-state index in [0.717, 1.165) is 0 Å². The minimum Gasteiger partial charge on any atom is -0.450 e. The summed E-state index contributed by atoms with van der Waals surface area (Å²) in [5, 5.41) is 33.1. The molecule has 0 aromatic heterocycles. The van der Waals surface area contributed by atoms with Gasteiger partial charge in [0.15, 0.2) is 0 Å². The Morgan fingerprint density at radius 2 is 0.727 bits per heavy atom. The highest BCUT2D eigenvalue weighted by Crippen LogP contribution is 2.21. The first kappa shape index (κ1) is 16.8.